The van der Waals surface area contributed by atoms with Crippen LogP contribution in [0.1, 0.15) is 58.8 Å². The molecular formula is C36H34Cl2F3N3O2. The highest BCUT2D eigenvalue weighted by atomic mass is 35.5. The molecule has 2 fully saturated rings. The van der Waals surface area contributed by atoms with E-state index in [4.69, 9.17) is 23.2 Å². The molecule has 1 aliphatic heterocycles. The van der Waals surface area contributed by atoms with Crippen molar-refractivity contribution in [2.75, 3.05) is 31.1 Å². The highest BCUT2D eigenvalue weighted by Crippen LogP contribution is 2.40. The first-order chi connectivity index (χ1) is 22.1. The summed E-state index contributed by atoms with van der Waals surface area (Å²) < 4.78 is 40.7. The van der Waals surface area contributed by atoms with Gasteiger partial charge >= 0.3 is 6.18 Å². The molecule has 1 aliphatic carbocycles. The minimum Gasteiger partial charge on any atom is -0.508 e. The van der Waals surface area contributed by atoms with E-state index in [1.807, 2.05) is 30.3 Å². The van der Waals surface area contributed by atoms with Gasteiger partial charge in [0.25, 0.3) is 5.91 Å². The number of hydrogen-bond acceptors (Lipinski definition) is 4. The molecule has 2 aliphatic rings. The van der Waals surface area contributed by atoms with E-state index in [-0.39, 0.29) is 17.7 Å². The van der Waals surface area contributed by atoms with Crippen LogP contribution in [0.25, 0.3) is 11.1 Å². The summed E-state index contributed by atoms with van der Waals surface area (Å²) in [5, 5.41) is 15.4. The van der Waals surface area contributed by atoms with E-state index in [2.05, 4.69) is 15.1 Å². The average molecular weight is 669 g/mol. The number of carbonyl (C=O) groups excluding carboxylic acids is 1. The van der Waals surface area contributed by atoms with Crippen molar-refractivity contribution in [3.05, 3.63) is 117 Å². The van der Waals surface area contributed by atoms with Crippen LogP contribution in [0.3, 0.4) is 0 Å². The molecule has 1 saturated carbocycles. The Labute approximate surface area is 276 Å². The van der Waals surface area contributed by atoms with E-state index in [0.29, 0.717) is 58.5 Å². The van der Waals surface area contributed by atoms with Gasteiger partial charge < -0.3 is 15.3 Å². The van der Waals surface area contributed by atoms with Crippen LogP contribution in [-0.2, 0) is 6.18 Å². The summed E-state index contributed by atoms with van der Waals surface area (Å²) in [5.74, 6) is -0.128. The molecule has 2 N–H and O–H groups in total. The number of carbonyl (C=O) groups is 1. The Hall–Kier alpha value is -3.72. The lowest BCUT2D eigenvalue weighted by Gasteiger charge is -2.41. The lowest BCUT2D eigenvalue weighted by Crippen LogP contribution is -2.48. The van der Waals surface area contributed by atoms with Crippen molar-refractivity contribution >= 4 is 34.8 Å². The third kappa shape index (κ3) is 6.99. The highest BCUT2D eigenvalue weighted by Gasteiger charge is 2.32. The molecule has 1 saturated heterocycles. The first-order valence-corrected chi connectivity index (χ1v) is 16.2. The van der Waals surface area contributed by atoms with E-state index >= 15 is 0 Å². The minimum atomic E-state index is -4.48. The predicted molar refractivity (Wildman–Crippen MR) is 177 cm³/mol. The molecule has 4 aromatic rings. The molecule has 0 bridgehead atoms. The molecule has 0 aromatic heterocycles. The van der Waals surface area contributed by atoms with Gasteiger partial charge in [0.05, 0.1) is 27.3 Å². The average Bonchev–Trinajstić information content (AvgIpc) is 3.57. The fourth-order valence-corrected chi connectivity index (χ4v) is 6.98. The molecule has 240 valence electrons. The molecule has 4 aromatic carbocycles. The summed E-state index contributed by atoms with van der Waals surface area (Å²) in [5.41, 5.74) is 2.89. The van der Waals surface area contributed by atoms with E-state index < -0.39 is 17.8 Å². The fourth-order valence-electron chi connectivity index (χ4n) is 6.56. The van der Waals surface area contributed by atoms with Gasteiger partial charge in [-0.15, -0.1) is 0 Å². The van der Waals surface area contributed by atoms with Crippen molar-refractivity contribution in [2.45, 2.75) is 43.9 Å². The number of anilines is 1. The second kappa shape index (κ2) is 13.6. The summed E-state index contributed by atoms with van der Waals surface area (Å²) in [7, 11) is 0. The molecule has 1 unspecified atom stereocenters. The predicted octanol–water partition coefficient (Wildman–Crippen LogP) is 8.97. The van der Waals surface area contributed by atoms with Gasteiger partial charge in [-0.25, -0.2) is 0 Å². The van der Waals surface area contributed by atoms with Gasteiger partial charge in [0.1, 0.15) is 5.75 Å². The molecule has 6 rings (SSSR count). The monoisotopic (exact) mass is 667 g/mol. The Kier molecular flexibility index (Phi) is 9.50. The third-order valence-corrected chi connectivity index (χ3v) is 9.76. The van der Waals surface area contributed by atoms with Crippen LogP contribution in [0.15, 0.2) is 84.9 Å². The molecule has 1 atom stereocenters. The van der Waals surface area contributed by atoms with E-state index in [0.717, 1.165) is 49.1 Å². The van der Waals surface area contributed by atoms with Gasteiger partial charge in [-0.1, -0.05) is 72.4 Å². The van der Waals surface area contributed by atoms with Gasteiger partial charge in [-0.2, -0.15) is 13.2 Å². The normalized spacial score (nSPS) is 16.8. The maximum absolute atomic E-state index is 13.6. The third-order valence-electron chi connectivity index (χ3n) is 8.95. The maximum atomic E-state index is 13.6. The summed E-state index contributed by atoms with van der Waals surface area (Å²) in [4.78, 5) is 17.6. The quantitative estimate of drug-likeness (QED) is 0.207. The standard InChI is InChI=1S/C36H34Cl2F3N3O2/c37-30-12-5-13-31(33(30)38)43-16-18-44(19-17-43)34(25-7-3-8-26(20-25)35(46)42-28-10-1-2-11-28)29-22-24(14-15-32(29)45)23-6-4-9-27(21-23)36(39,40)41/h3-9,12-15,20-22,28,34,45H,1-2,10-11,16-19H2,(H,42,46). The van der Waals surface area contributed by atoms with Gasteiger partial charge in [0, 0.05) is 43.3 Å². The lowest BCUT2D eigenvalue weighted by molar-refractivity contribution is -0.137. The van der Waals surface area contributed by atoms with Crippen LogP contribution in [0.5, 0.6) is 5.75 Å². The molecule has 5 nitrogen and oxygen atoms in total. The molecule has 1 heterocycles. The van der Waals surface area contributed by atoms with Crippen LogP contribution in [0.4, 0.5) is 18.9 Å². The number of rotatable bonds is 7. The molecule has 1 amide bonds. The number of nitrogens with one attached hydrogen (secondary N) is 1. The molecule has 10 heteroatoms. The number of alkyl halides is 3. The van der Waals surface area contributed by atoms with Crippen LogP contribution < -0.4 is 10.2 Å². The maximum Gasteiger partial charge on any atom is 0.416 e. The largest absolute Gasteiger partial charge is 0.508 e. The fraction of sp³-hybridized carbons (Fsp3) is 0.306. The SMILES string of the molecule is O=C(NC1CCCC1)c1cccc(C(c2cc(-c3cccc(C(F)(F)F)c3)ccc2O)N2CCN(c3cccc(Cl)c3Cl)CC2)c1. The summed E-state index contributed by atoms with van der Waals surface area (Å²) in [6, 6.07) is 22.7. The second-order valence-electron chi connectivity index (χ2n) is 11.9. The van der Waals surface area contributed by atoms with E-state index in [1.54, 1.807) is 30.3 Å². The van der Waals surface area contributed by atoms with Crippen molar-refractivity contribution in [3.63, 3.8) is 0 Å². The Balaban J connectivity index is 1.36. The van der Waals surface area contributed by atoms with Gasteiger partial charge in [-0.3, -0.25) is 9.69 Å². The zero-order chi connectivity index (χ0) is 32.4. The number of phenolic OH excluding ortho intramolecular Hbond substituents is 1. The van der Waals surface area contributed by atoms with Gasteiger partial charge in [0.2, 0.25) is 0 Å². The van der Waals surface area contributed by atoms with Crippen LogP contribution in [0, 0.1) is 0 Å². The van der Waals surface area contributed by atoms with Crippen molar-refractivity contribution in [1.82, 2.24) is 10.2 Å². The molecule has 46 heavy (non-hydrogen) atoms. The van der Waals surface area contributed by atoms with Gasteiger partial charge in [-0.05, 0) is 78.1 Å². The lowest BCUT2D eigenvalue weighted by atomic mass is 9.91. The number of amides is 1. The highest BCUT2D eigenvalue weighted by molar-refractivity contribution is 6.43. The minimum absolute atomic E-state index is 0.0156. The molecular weight excluding hydrogens is 634 g/mol. The first-order valence-electron chi connectivity index (χ1n) is 15.4. The summed E-state index contributed by atoms with van der Waals surface area (Å²) in [6.45, 7) is 2.40. The van der Waals surface area contributed by atoms with Crippen molar-refractivity contribution in [1.29, 1.82) is 0 Å². The zero-order valence-corrected chi connectivity index (χ0v) is 26.5. The Bertz CT molecular complexity index is 1720. The Morgan fingerprint density at radius 2 is 1.54 bits per heavy atom. The van der Waals surface area contributed by atoms with Crippen LogP contribution in [0.2, 0.25) is 10.0 Å². The molecule has 0 spiro atoms. The van der Waals surface area contributed by atoms with Crippen molar-refractivity contribution in [3.8, 4) is 16.9 Å². The van der Waals surface area contributed by atoms with Crippen molar-refractivity contribution < 1.29 is 23.1 Å². The summed E-state index contributed by atoms with van der Waals surface area (Å²) >= 11 is 12.8. The number of nitrogens with zero attached hydrogens (tertiary/aromatic N) is 2. The van der Waals surface area contributed by atoms with E-state index in [1.165, 1.54) is 12.1 Å². The van der Waals surface area contributed by atoms with E-state index in [9.17, 15) is 23.1 Å². The number of aromatic hydroxyl groups is 1. The Morgan fingerprint density at radius 3 is 2.28 bits per heavy atom. The number of phenols is 1. The zero-order valence-electron chi connectivity index (χ0n) is 25.0. The molecule has 0 radical (unpaired) electrons. The topological polar surface area (TPSA) is 55.8 Å². The smallest absolute Gasteiger partial charge is 0.416 e. The second-order valence-corrected chi connectivity index (χ2v) is 12.7. The van der Waals surface area contributed by atoms with Crippen molar-refractivity contribution in [2.24, 2.45) is 0 Å². The Morgan fingerprint density at radius 1 is 0.848 bits per heavy atom. The summed E-state index contributed by atoms with van der Waals surface area (Å²) in [6.07, 6.45) is -0.360. The number of piperazine rings is 1. The van der Waals surface area contributed by atoms with Crippen LogP contribution in [-0.4, -0.2) is 48.1 Å². The number of halogens is 5. The first kappa shape index (κ1) is 32.2. The number of benzene rings is 4. The van der Waals surface area contributed by atoms with Gasteiger partial charge in [0.15, 0.2) is 0 Å². The van der Waals surface area contributed by atoms with Crippen LogP contribution >= 0.6 is 23.2 Å². The number of hydrogen-bond donors (Lipinski definition) is 2.